The molecule has 0 aromatic rings. The van der Waals surface area contributed by atoms with Gasteiger partial charge in [0.05, 0.1) is 11.7 Å². The summed E-state index contributed by atoms with van der Waals surface area (Å²) in [6, 6.07) is 0. The molecule has 0 spiro atoms. The molecule has 1 saturated carbocycles. The van der Waals surface area contributed by atoms with E-state index >= 15 is 0 Å². The number of hydrogen-bond donors (Lipinski definition) is 0. The minimum absolute atomic E-state index is 0.0624. The Morgan fingerprint density at radius 1 is 1.28 bits per heavy atom. The molecule has 3 heteroatoms. The van der Waals surface area contributed by atoms with Crippen molar-refractivity contribution < 1.29 is 14.3 Å². The fraction of sp³-hybridized carbons (Fsp3) is 0.591. The summed E-state index contributed by atoms with van der Waals surface area (Å²) < 4.78 is 11.3. The Morgan fingerprint density at radius 3 is 2.64 bits per heavy atom. The van der Waals surface area contributed by atoms with E-state index in [-0.39, 0.29) is 23.1 Å². The molecular formula is C22H32O3. The predicted molar refractivity (Wildman–Crippen MR) is 102 cm³/mol. The number of allylic oxidation sites excluding steroid dienone is 4. The van der Waals surface area contributed by atoms with Crippen LogP contribution in [-0.4, -0.2) is 24.3 Å². The number of carbonyl (C=O) groups excluding carboxylic acids is 1. The highest BCUT2D eigenvalue weighted by molar-refractivity contribution is 5.66. The van der Waals surface area contributed by atoms with Gasteiger partial charge in [-0.15, -0.1) is 0 Å². The highest BCUT2D eigenvalue weighted by atomic mass is 16.5. The van der Waals surface area contributed by atoms with Crippen molar-refractivity contribution in [2.24, 2.45) is 5.41 Å². The molecule has 3 nitrogen and oxygen atoms in total. The lowest BCUT2D eigenvalue weighted by molar-refractivity contribution is -0.139. The second-order valence-electron chi connectivity index (χ2n) is 8.11. The summed E-state index contributed by atoms with van der Waals surface area (Å²) in [5.41, 5.74) is 3.87. The Bertz CT molecular complexity index is 634. The summed E-state index contributed by atoms with van der Waals surface area (Å²) in [6.45, 7) is 12.8. The van der Waals surface area contributed by atoms with Crippen LogP contribution in [0.25, 0.3) is 0 Å². The van der Waals surface area contributed by atoms with Crippen molar-refractivity contribution in [3.05, 3.63) is 47.1 Å². The van der Waals surface area contributed by atoms with Gasteiger partial charge < -0.3 is 9.47 Å². The molecule has 0 saturated heterocycles. The van der Waals surface area contributed by atoms with E-state index in [1.54, 1.807) is 0 Å². The zero-order chi connectivity index (χ0) is 18.7. The first kappa shape index (κ1) is 19.7. The van der Waals surface area contributed by atoms with Gasteiger partial charge >= 0.3 is 5.97 Å². The van der Waals surface area contributed by atoms with E-state index in [4.69, 9.17) is 9.47 Å². The van der Waals surface area contributed by atoms with Crippen LogP contribution in [0.15, 0.2) is 47.1 Å². The molecule has 0 aromatic carbocycles. The standard InChI is InChI=1S/C22H32O3/c1-16(11-14-24-18(3)23)9-7-10-17(2)19-15-20-21(4,5)12-8-13-22(20,6)25-19/h7,9-11,15,19H,8,12-14H2,1-6H3/b9-7+,16-11+,17-10+. The average Bonchev–Trinajstić information content (AvgIpc) is 2.86. The van der Waals surface area contributed by atoms with Crippen LogP contribution >= 0.6 is 0 Å². The summed E-state index contributed by atoms with van der Waals surface area (Å²) >= 11 is 0. The van der Waals surface area contributed by atoms with Crippen LogP contribution in [0, 0.1) is 5.41 Å². The van der Waals surface area contributed by atoms with Crippen LogP contribution in [0.5, 0.6) is 0 Å². The van der Waals surface area contributed by atoms with Crippen molar-refractivity contribution in [3.8, 4) is 0 Å². The average molecular weight is 344 g/mol. The maximum Gasteiger partial charge on any atom is 0.302 e. The third-order valence-electron chi connectivity index (χ3n) is 5.32. The Labute approximate surface area is 152 Å². The molecule has 2 atom stereocenters. The van der Waals surface area contributed by atoms with Gasteiger partial charge in [0.1, 0.15) is 6.61 Å². The fourth-order valence-electron chi connectivity index (χ4n) is 3.87. The first-order chi connectivity index (χ1) is 11.6. The van der Waals surface area contributed by atoms with Crippen molar-refractivity contribution in [1.82, 2.24) is 0 Å². The number of fused-ring (bicyclic) bond motifs is 1. The highest BCUT2D eigenvalue weighted by Crippen LogP contribution is 2.51. The normalized spacial score (nSPS) is 29.5. The van der Waals surface area contributed by atoms with Crippen LogP contribution < -0.4 is 0 Å². The van der Waals surface area contributed by atoms with E-state index in [2.05, 4.69) is 39.8 Å². The SMILES string of the molecule is CC(=O)OC/C=C(C)/C=C/C=C(\C)C1C=C2C(C)(C)CCCC2(C)O1. The molecule has 1 aliphatic carbocycles. The molecule has 0 N–H and O–H groups in total. The Balaban J connectivity index is 2.02. The predicted octanol–water partition coefficient (Wildman–Crippen LogP) is 5.29. The lowest BCUT2D eigenvalue weighted by atomic mass is 9.67. The molecule has 2 unspecified atom stereocenters. The third kappa shape index (κ3) is 4.94. The van der Waals surface area contributed by atoms with Gasteiger partial charge in [0.2, 0.25) is 0 Å². The summed E-state index contributed by atoms with van der Waals surface area (Å²) in [5, 5.41) is 0. The van der Waals surface area contributed by atoms with Crippen LogP contribution in [0.1, 0.15) is 60.8 Å². The van der Waals surface area contributed by atoms with Gasteiger partial charge in [-0.2, -0.15) is 0 Å². The summed E-state index contributed by atoms with van der Waals surface area (Å²) in [7, 11) is 0. The number of carbonyl (C=O) groups is 1. The molecule has 0 aromatic heterocycles. The van der Waals surface area contributed by atoms with Gasteiger partial charge in [0.15, 0.2) is 0 Å². The fourth-order valence-corrected chi connectivity index (χ4v) is 3.87. The van der Waals surface area contributed by atoms with Crippen molar-refractivity contribution in [2.75, 3.05) is 6.61 Å². The molecule has 1 heterocycles. The van der Waals surface area contributed by atoms with Crippen molar-refractivity contribution in [2.45, 2.75) is 72.5 Å². The lowest BCUT2D eigenvalue weighted by Gasteiger charge is -2.42. The number of hydrogen-bond acceptors (Lipinski definition) is 3. The van der Waals surface area contributed by atoms with Crippen LogP contribution in [0.3, 0.4) is 0 Å². The molecule has 0 amide bonds. The zero-order valence-corrected chi connectivity index (χ0v) is 16.5. The topological polar surface area (TPSA) is 35.5 Å². The molecule has 2 rings (SSSR count). The van der Waals surface area contributed by atoms with E-state index in [1.807, 2.05) is 25.2 Å². The van der Waals surface area contributed by atoms with Crippen LogP contribution in [0.4, 0.5) is 0 Å². The van der Waals surface area contributed by atoms with Gasteiger partial charge in [-0.1, -0.05) is 37.6 Å². The zero-order valence-electron chi connectivity index (χ0n) is 16.5. The highest BCUT2D eigenvalue weighted by Gasteiger charge is 2.47. The molecule has 2 aliphatic rings. The summed E-state index contributed by atoms with van der Waals surface area (Å²) in [5.74, 6) is -0.256. The van der Waals surface area contributed by atoms with Gasteiger partial charge in [0.25, 0.3) is 0 Å². The maximum absolute atomic E-state index is 10.8. The molecule has 0 radical (unpaired) electrons. The van der Waals surface area contributed by atoms with Crippen molar-refractivity contribution in [3.63, 3.8) is 0 Å². The first-order valence-electron chi connectivity index (χ1n) is 9.20. The second kappa shape index (κ2) is 7.74. The number of rotatable bonds is 5. The Morgan fingerprint density at radius 2 is 2.00 bits per heavy atom. The van der Waals surface area contributed by atoms with Gasteiger partial charge in [-0.3, -0.25) is 4.79 Å². The minimum atomic E-state index is -0.256. The van der Waals surface area contributed by atoms with E-state index in [1.165, 1.54) is 30.9 Å². The van der Waals surface area contributed by atoms with Gasteiger partial charge in [-0.25, -0.2) is 0 Å². The number of esters is 1. The van der Waals surface area contributed by atoms with E-state index in [0.717, 1.165) is 12.0 Å². The Hall–Kier alpha value is -1.61. The quantitative estimate of drug-likeness (QED) is 0.386. The van der Waals surface area contributed by atoms with Crippen LogP contribution in [0.2, 0.25) is 0 Å². The molecule has 25 heavy (non-hydrogen) atoms. The molecule has 138 valence electrons. The van der Waals surface area contributed by atoms with Gasteiger partial charge in [-0.05, 0) is 68.7 Å². The maximum atomic E-state index is 10.8. The number of ether oxygens (including phenoxy) is 2. The largest absolute Gasteiger partial charge is 0.462 e. The van der Waals surface area contributed by atoms with Gasteiger partial charge in [0, 0.05) is 6.92 Å². The molecule has 1 aliphatic heterocycles. The third-order valence-corrected chi connectivity index (χ3v) is 5.32. The lowest BCUT2D eigenvalue weighted by Crippen LogP contribution is -2.39. The Kier molecular flexibility index (Phi) is 6.10. The summed E-state index contributed by atoms with van der Waals surface area (Å²) in [4.78, 5) is 10.8. The van der Waals surface area contributed by atoms with Crippen LogP contribution in [-0.2, 0) is 14.3 Å². The molecule has 0 bridgehead atoms. The van der Waals surface area contributed by atoms with E-state index in [0.29, 0.717) is 6.61 Å². The smallest absolute Gasteiger partial charge is 0.302 e. The van der Waals surface area contributed by atoms with Crippen molar-refractivity contribution >= 4 is 5.97 Å². The monoisotopic (exact) mass is 344 g/mol. The van der Waals surface area contributed by atoms with Crippen molar-refractivity contribution in [1.29, 1.82) is 0 Å². The first-order valence-corrected chi connectivity index (χ1v) is 9.20. The molecule has 1 fully saturated rings. The second-order valence-corrected chi connectivity index (χ2v) is 8.11. The molecular weight excluding hydrogens is 312 g/mol. The summed E-state index contributed by atoms with van der Waals surface area (Å²) in [6.07, 6.45) is 14.0. The van der Waals surface area contributed by atoms with E-state index < -0.39 is 0 Å². The minimum Gasteiger partial charge on any atom is -0.462 e. The van der Waals surface area contributed by atoms with E-state index in [9.17, 15) is 4.79 Å².